The molecule has 27 heavy (non-hydrogen) atoms. The molecule has 0 fully saturated rings. The van der Waals surface area contributed by atoms with E-state index in [2.05, 4.69) is 94.8 Å². The van der Waals surface area contributed by atoms with Gasteiger partial charge in [-0.05, 0) is 40.5 Å². The molecule has 0 unspecified atom stereocenters. The Morgan fingerprint density at radius 2 is 1.11 bits per heavy atom. The molecular formula is C25H15BrO. The van der Waals surface area contributed by atoms with Gasteiger partial charge in [-0.2, -0.15) is 0 Å². The highest BCUT2D eigenvalue weighted by Gasteiger charge is 2.51. The number of rotatable bonds is 0. The zero-order chi connectivity index (χ0) is 18.0. The Morgan fingerprint density at radius 1 is 0.556 bits per heavy atom. The predicted octanol–water partition coefficient (Wildman–Crippen LogP) is 6.92. The highest BCUT2D eigenvalue weighted by Crippen LogP contribution is 2.63. The van der Waals surface area contributed by atoms with Crippen molar-refractivity contribution in [1.29, 1.82) is 0 Å². The van der Waals surface area contributed by atoms with E-state index in [0.29, 0.717) is 0 Å². The van der Waals surface area contributed by atoms with Crippen molar-refractivity contribution < 1.29 is 4.74 Å². The summed E-state index contributed by atoms with van der Waals surface area (Å²) in [5.41, 5.74) is 7.21. The molecule has 1 heterocycles. The maximum Gasteiger partial charge on any atom is 0.132 e. The fourth-order valence-corrected chi connectivity index (χ4v) is 5.53. The van der Waals surface area contributed by atoms with Crippen molar-refractivity contribution in [2.75, 3.05) is 0 Å². The van der Waals surface area contributed by atoms with Gasteiger partial charge in [0.25, 0.3) is 0 Å². The SMILES string of the molecule is Brc1cccc2c1C1(c3ccccc3Oc3ccccc31)c1ccccc1-2. The molecule has 1 spiro atoms. The predicted molar refractivity (Wildman–Crippen MR) is 112 cm³/mol. The van der Waals surface area contributed by atoms with Crippen LogP contribution < -0.4 is 4.74 Å². The van der Waals surface area contributed by atoms with E-state index in [9.17, 15) is 0 Å². The van der Waals surface area contributed by atoms with Crippen molar-refractivity contribution in [3.8, 4) is 22.6 Å². The second-order valence-electron chi connectivity index (χ2n) is 7.05. The summed E-state index contributed by atoms with van der Waals surface area (Å²) in [5, 5.41) is 0. The molecule has 2 aliphatic rings. The van der Waals surface area contributed by atoms with Crippen LogP contribution >= 0.6 is 15.9 Å². The van der Waals surface area contributed by atoms with E-state index in [0.717, 1.165) is 16.0 Å². The fourth-order valence-electron chi connectivity index (χ4n) is 4.86. The summed E-state index contributed by atoms with van der Waals surface area (Å²) < 4.78 is 7.45. The molecule has 0 bridgehead atoms. The molecule has 0 saturated heterocycles. The van der Waals surface area contributed by atoms with Crippen molar-refractivity contribution in [3.05, 3.63) is 118 Å². The van der Waals surface area contributed by atoms with Crippen LogP contribution in [0, 0.1) is 0 Å². The smallest absolute Gasteiger partial charge is 0.132 e. The molecule has 6 rings (SSSR count). The first-order chi connectivity index (χ1) is 13.3. The van der Waals surface area contributed by atoms with Crippen molar-refractivity contribution in [1.82, 2.24) is 0 Å². The Labute approximate surface area is 166 Å². The highest BCUT2D eigenvalue weighted by molar-refractivity contribution is 9.10. The summed E-state index contributed by atoms with van der Waals surface area (Å²) in [4.78, 5) is 0. The van der Waals surface area contributed by atoms with E-state index in [-0.39, 0.29) is 5.41 Å². The molecule has 4 aromatic rings. The Balaban J connectivity index is 1.89. The minimum atomic E-state index is -0.378. The molecule has 4 aromatic carbocycles. The number of hydrogen-bond acceptors (Lipinski definition) is 1. The van der Waals surface area contributed by atoms with Crippen LogP contribution in [0.3, 0.4) is 0 Å². The standard InChI is InChI=1S/C25H15BrO/c26-21-13-7-9-17-16-8-1-2-10-18(16)25(24(17)21)19-11-3-5-14-22(19)27-23-15-6-4-12-20(23)25/h1-15H. The van der Waals surface area contributed by atoms with Crippen LogP contribution in [0.1, 0.15) is 22.3 Å². The second kappa shape index (κ2) is 5.34. The first kappa shape index (κ1) is 15.2. The van der Waals surface area contributed by atoms with Crippen LogP contribution in [0.2, 0.25) is 0 Å². The van der Waals surface area contributed by atoms with E-state index >= 15 is 0 Å². The summed E-state index contributed by atoms with van der Waals surface area (Å²) >= 11 is 3.88. The molecule has 128 valence electrons. The van der Waals surface area contributed by atoms with Crippen molar-refractivity contribution >= 4 is 15.9 Å². The van der Waals surface area contributed by atoms with Gasteiger partial charge < -0.3 is 4.74 Å². The normalized spacial score (nSPS) is 14.7. The monoisotopic (exact) mass is 410 g/mol. The largest absolute Gasteiger partial charge is 0.457 e. The van der Waals surface area contributed by atoms with E-state index in [1.807, 2.05) is 12.1 Å². The molecule has 1 aliphatic heterocycles. The van der Waals surface area contributed by atoms with E-state index in [1.54, 1.807) is 0 Å². The van der Waals surface area contributed by atoms with Gasteiger partial charge in [0.1, 0.15) is 11.5 Å². The summed E-state index contributed by atoms with van der Waals surface area (Å²) in [7, 11) is 0. The lowest BCUT2D eigenvalue weighted by Gasteiger charge is -2.39. The first-order valence-corrected chi connectivity index (χ1v) is 9.87. The molecule has 0 saturated carbocycles. The van der Waals surface area contributed by atoms with Gasteiger partial charge in [0.15, 0.2) is 0 Å². The van der Waals surface area contributed by atoms with Gasteiger partial charge in [0.05, 0.1) is 5.41 Å². The molecule has 1 nitrogen and oxygen atoms in total. The molecule has 0 N–H and O–H groups in total. The van der Waals surface area contributed by atoms with E-state index in [4.69, 9.17) is 4.74 Å². The van der Waals surface area contributed by atoms with Crippen LogP contribution in [0.4, 0.5) is 0 Å². The number of benzene rings is 4. The summed E-state index contributed by atoms with van der Waals surface area (Å²) in [5.74, 6) is 1.85. The zero-order valence-electron chi connectivity index (χ0n) is 14.4. The van der Waals surface area contributed by atoms with Crippen LogP contribution in [0.25, 0.3) is 11.1 Å². The average Bonchev–Trinajstić information content (AvgIpc) is 3.01. The molecule has 0 atom stereocenters. The van der Waals surface area contributed by atoms with Crippen LogP contribution in [0.5, 0.6) is 11.5 Å². The van der Waals surface area contributed by atoms with Crippen molar-refractivity contribution in [2.45, 2.75) is 5.41 Å². The number of hydrogen-bond donors (Lipinski definition) is 0. The van der Waals surface area contributed by atoms with Gasteiger partial charge in [-0.3, -0.25) is 0 Å². The third kappa shape index (κ3) is 1.79. The van der Waals surface area contributed by atoms with Gasteiger partial charge >= 0.3 is 0 Å². The van der Waals surface area contributed by atoms with Gasteiger partial charge in [-0.1, -0.05) is 88.7 Å². The quantitative estimate of drug-likeness (QED) is 0.264. The molecule has 0 radical (unpaired) electrons. The zero-order valence-corrected chi connectivity index (χ0v) is 16.0. The maximum atomic E-state index is 6.32. The summed E-state index contributed by atoms with van der Waals surface area (Å²) in [6, 6.07) is 32.1. The second-order valence-corrected chi connectivity index (χ2v) is 7.91. The number of fused-ring (bicyclic) bond motifs is 9. The van der Waals surface area contributed by atoms with E-state index < -0.39 is 0 Å². The van der Waals surface area contributed by atoms with Crippen LogP contribution in [0.15, 0.2) is 95.5 Å². The number of para-hydroxylation sites is 2. The lowest BCUT2D eigenvalue weighted by atomic mass is 9.66. The summed E-state index contributed by atoms with van der Waals surface area (Å²) in [6.45, 7) is 0. The number of ether oxygens (including phenoxy) is 1. The highest BCUT2D eigenvalue weighted by atomic mass is 79.9. The lowest BCUT2D eigenvalue weighted by Crippen LogP contribution is -2.32. The summed E-state index contributed by atoms with van der Waals surface area (Å²) in [6.07, 6.45) is 0. The maximum absolute atomic E-state index is 6.32. The molecule has 2 heteroatoms. The Kier molecular flexibility index (Phi) is 3.01. The third-order valence-electron chi connectivity index (χ3n) is 5.81. The number of halogens is 1. The fraction of sp³-hybridized carbons (Fsp3) is 0.0400. The molecule has 1 aliphatic carbocycles. The first-order valence-electron chi connectivity index (χ1n) is 9.07. The molecular weight excluding hydrogens is 396 g/mol. The lowest BCUT2D eigenvalue weighted by molar-refractivity contribution is 0.436. The Hall–Kier alpha value is -2.84. The molecule has 0 amide bonds. The minimum Gasteiger partial charge on any atom is -0.457 e. The topological polar surface area (TPSA) is 9.23 Å². The van der Waals surface area contributed by atoms with Crippen LogP contribution in [-0.4, -0.2) is 0 Å². The molecule has 0 aromatic heterocycles. The third-order valence-corrected chi connectivity index (χ3v) is 6.47. The van der Waals surface area contributed by atoms with Gasteiger partial charge in [-0.15, -0.1) is 0 Å². The van der Waals surface area contributed by atoms with Gasteiger partial charge in [0, 0.05) is 15.6 Å². The van der Waals surface area contributed by atoms with Crippen molar-refractivity contribution in [2.24, 2.45) is 0 Å². The Morgan fingerprint density at radius 3 is 1.81 bits per heavy atom. The minimum absolute atomic E-state index is 0.378. The average molecular weight is 411 g/mol. The van der Waals surface area contributed by atoms with E-state index in [1.165, 1.54) is 33.4 Å². The van der Waals surface area contributed by atoms with Gasteiger partial charge in [0.2, 0.25) is 0 Å². The van der Waals surface area contributed by atoms with Crippen molar-refractivity contribution in [3.63, 3.8) is 0 Å². The Bertz CT molecular complexity index is 1180. The van der Waals surface area contributed by atoms with Crippen LogP contribution in [-0.2, 0) is 5.41 Å². The van der Waals surface area contributed by atoms with Gasteiger partial charge in [-0.25, -0.2) is 0 Å².